The molecule has 0 bridgehead atoms. The van der Waals surface area contributed by atoms with Crippen molar-refractivity contribution < 1.29 is 0 Å². The van der Waals surface area contributed by atoms with Gasteiger partial charge in [-0.25, -0.2) is 0 Å². The molecule has 1 aliphatic carbocycles. The second-order valence-corrected chi connectivity index (χ2v) is 4.92. The number of nitrogens with one attached hydrogen (secondary N) is 1. The minimum Gasteiger partial charge on any atom is -0.311 e. The largest absolute Gasteiger partial charge is 0.311 e. The first kappa shape index (κ1) is 10.0. The summed E-state index contributed by atoms with van der Waals surface area (Å²) in [5.41, 5.74) is 0.537. The lowest BCUT2D eigenvalue weighted by molar-refractivity contribution is 0.366. The molecule has 0 saturated heterocycles. The van der Waals surface area contributed by atoms with Crippen molar-refractivity contribution in [2.45, 2.75) is 52.5 Å². The fraction of sp³-hybridized carbons (Fsp3) is 1.00. The lowest BCUT2D eigenvalue weighted by Gasteiger charge is -2.21. The number of hydrogen-bond acceptors (Lipinski definition) is 1. The van der Waals surface area contributed by atoms with Crippen molar-refractivity contribution in [3.63, 3.8) is 0 Å². The van der Waals surface area contributed by atoms with E-state index in [1.54, 1.807) is 0 Å². The molecule has 72 valence electrons. The molecule has 1 N–H and O–H groups in total. The maximum absolute atomic E-state index is 3.70. The Morgan fingerprint density at radius 2 is 1.75 bits per heavy atom. The molecular weight excluding hydrogens is 146 g/mol. The molecule has 0 aromatic carbocycles. The quantitative estimate of drug-likeness (QED) is 0.667. The summed E-state index contributed by atoms with van der Waals surface area (Å²) >= 11 is 0. The topological polar surface area (TPSA) is 12.0 Å². The lowest BCUT2D eigenvalue weighted by atomic mass is 10.0. The molecular formula is C11H23N. The average Bonchev–Trinajstić information content (AvgIpc) is 2.68. The Morgan fingerprint density at radius 3 is 2.08 bits per heavy atom. The normalized spacial score (nSPS) is 20.5. The van der Waals surface area contributed by atoms with Crippen LogP contribution >= 0.6 is 0 Å². The van der Waals surface area contributed by atoms with Crippen LogP contribution in [0, 0.1) is 11.8 Å². The van der Waals surface area contributed by atoms with Crippen LogP contribution in [-0.2, 0) is 0 Å². The van der Waals surface area contributed by atoms with Crippen LogP contribution in [0.15, 0.2) is 0 Å². The van der Waals surface area contributed by atoms with Gasteiger partial charge in [0.1, 0.15) is 0 Å². The van der Waals surface area contributed by atoms with Gasteiger partial charge in [0.05, 0.1) is 0 Å². The molecule has 12 heavy (non-hydrogen) atoms. The zero-order valence-electron chi connectivity index (χ0n) is 8.98. The van der Waals surface area contributed by atoms with Gasteiger partial charge in [0.15, 0.2) is 0 Å². The second-order valence-electron chi connectivity index (χ2n) is 4.92. The SMILES string of the molecule is CC(C)CCNC1(C(C)C)CC1. The molecule has 1 saturated carbocycles. The summed E-state index contributed by atoms with van der Waals surface area (Å²) in [4.78, 5) is 0. The van der Waals surface area contributed by atoms with Crippen molar-refractivity contribution in [3.8, 4) is 0 Å². The van der Waals surface area contributed by atoms with E-state index in [1.165, 1.54) is 25.8 Å². The fourth-order valence-corrected chi connectivity index (χ4v) is 1.70. The van der Waals surface area contributed by atoms with Gasteiger partial charge in [-0.1, -0.05) is 27.7 Å². The van der Waals surface area contributed by atoms with Crippen LogP contribution in [0.4, 0.5) is 0 Å². The first-order valence-corrected chi connectivity index (χ1v) is 5.32. The summed E-state index contributed by atoms with van der Waals surface area (Å²) in [6.45, 7) is 10.4. The van der Waals surface area contributed by atoms with Gasteiger partial charge in [-0.15, -0.1) is 0 Å². The van der Waals surface area contributed by atoms with Crippen LogP contribution < -0.4 is 5.32 Å². The highest BCUT2D eigenvalue weighted by atomic mass is 15.0. The smallest absolute Gasteiger partial charge is 0.0205 e. The maximum atomic E-state index is 3.70. The average molecular weight is 169 g/mol. The summed E-state index contributed by atoms with van der Waals surface area (Å²) < 4.78 is 0. The van der Waals surface area contributed by atoms with E-state index in [0.717, 1.165) is 11.8 Å². The highest BCUT2D eigenvalue weighted by Crippen LogP contribution is 2.41. The summed E-state index contributed by atoms with van der Waals surface area (Å²) in [6.07, 6.45) is 4.10. The molecule has 0 amide bonds. The molecule has 0 atom stereocenters. The highest BCUT2D eigenvalue weighted by Gasteiger charge is 2.44. The number of rotatable bonds is 5. The predicted molar refractivity (Wildman–Crippen MR) is 54.3 cm³/mol. The molecule has 0 radical (unpaired) electrons. The van der Waals surface area contributed by atoms with E-state index in [1.807, 2.05) is 0 Å². The van der Waals surface area contributed by atoms with E-state index in [9.17, 15) is 0 Å². The van der Waals surface area contributed by atoms with Gasteiger partial charge < -0.3 is 5.32 Å². The van der Waals surface area contributed by atoms with E-state index in [-0.39, 0.29) is 0 Å². The Kier molecular flexibility index (Phi) is 3.16. The van der Waals surface area contributed by atoms with E-state index < -0.39 is 0 Å². The molecule has 1 fully saturated rings. The second kappa shape index (κ2) is 3.78. The van der Waals surface area contributed by atoms with Gasteiger partial charge in [0.25, 0.3) is 0 Å². The Labute approximate surface area is 76.9 Å². The van der Waals surface area contributed by atoms with Crippen LogP contribution in [0.5, 0.6) is 0 Å². The molecule has 0 aromatic rings. The first-order chi connectivity index (χ1) is 5.57. The van der Waals surface area contributed by atoms with E-state index >= 15 is 0 Å². The Bertz CT molecular complexity index is 134. The third-order valence-corrected chi connectivity index (χ3v) is 3.09. The van der Waals surface area contributed by atoms with Crippen molar-refractivity contribution >= 4 is 0 Å². The summed E-state index contributed by atoms with van der Waals surface area (Å²) in [6, 6.07) is 0. The van der Waals surface area contributed by atoms with Crippen molar-refractivity contribution in [2.75, 3.05) is 6.54 Å². The molecule has 1 heteroatoms. The van der Waals surface area contributed by atoms with Crippen molar-refractivity contribution in [1.29, 1.82) is 0 Å². The predicted octanol–water partition coefficient (Wildman–Crippen LogP) is 2.81. The molecule has 0 aliphatic heterocycles. The minimum absolute atomic E-state index is 0.537. The van der Waals surface area contributed by atoms with Crippen molar-refractivity contribution in [1.82, 2.24) is 5.32 Å². The van der Waals surface area contributed by atoms with Crippen LogP contribution in [0.1, 0.15) is 47.0 Å². The monoisotopic (exact) mass is 169 g/mol. The summed E-state index contributed by atoms with van der Waals surface area (Å²) in [7, 11) is 0. The van der Waals surface area contributed by atoms with Gasteiger partial charge in [0.2, 0.25) is 0 Å². The van der Waals surface area contributed by atoms with Gasteiger partial charge in [-0.3, -0.25) is 0 Å². The third kappa shape index (κ3) is 2.48. The van der Waals surface area contributed by atoms with Gasteiger partial charge in [-0.2, -0.15) is 0 Å². The summed E-state index contributed by atoms with van der Waals surface area (Å²) in [5, 5.41) is 3.70. The molecule has 1 aliphatic rings. The molecule has 1 nitrogen and oxygen atoms in total. The molecule has 1 rings (SSSR count). The van der Waals surface area contributed by atoms with Crippen LogP contribution in [0.3, 0.4) is 0 Å². The van der Waals surface area contributed by atoms with Gasteiger partial charge in [0, 0.05) is 5.54 Å². The van der Waals surface area contributed by atoms with E-state index in [2.05, 4.69) is 33.0 Å². The van der Waals surface area contributed by atoms with Crippen molar-refractivity contribution in [2.24, 2.45) is 11.8 Å². The van der Waals surface area contributed by atoms with Crippen LogP contribution in [0.2, 0.25) is 0 Å². The molecule has 0 aromatic heterocycles. The van der Waals surface area contributed by atoms with Gasteiger partial charge >= 0.3 is 0 Å². The fourth-order valence-electron chi connectivity index (χ4n) is 1.70. The number of hydrogen-bond donors (Lipinski definition) is 1. The Hall–Kier alpha value is -0.0400. The van der Waals surface area contributed by atoms with Crippen LogP contribution in [0.25, 0.3) is 0 Å². The zero-order valence-corrected chi connectivity index (χ0v) is 8.98. The van der Waals surface area contributed by atoms with E-state index in [4.69, 9.17) is 0 Å². The minimum atomic E-state index is 0.537. The maximum Gasteiger partial charge on any atom is 0.0205 e. The Morgan fingerprint density at radius 1 is 1.17 bits per heavy atom. The van der Waals surface area contributed by atoms with E-state index in [0.29, 0.717) is 5.54 Å². The highest BCUT2D eigenvalue weighted by molar-refractivity contribution is 5.03. The molecule has 0 unspecified atom stereocenters. The standard InChI is InChI=1S/C11H23N/c1-9(2)5-8-12-11(6-7-11)10(3)4/h9-10,12H,5-8H2,1-4H3. The van der Waals surface area contributed by atoms with Gasteiger partial charge in [-0.05, 0) is 37.6 Å². The summed E-state index contributed by atoms with van der Waals surface area (Å²) in [5.74, 6) is 1.64. The first-order valence-electron chi connectivity index (χ1n) is 5.32. The third-order valence-electron chi connectivity index (χ3n) is 3.09. The molecule has 0 heterocycles. The molecule has 0 spiro atoms. The van der Waals surface area contributed by atoms with Crippen molar-refractivity contribution in [3.05, 3.63) is 0 Å². The lowest BCUT2D eigenvalue weighted by Crippen LogP contribution is -2.37. The van der Waals surface area contributed by atoms with Crippen LogP contribution in [-0.4, -0.2) is 12.1 Å². The zero-order chi connectivity index (χ0) is 9.19. The Balaban J connectivity index is 2.14.